The lowest BCUT2D eigenvalue weighted by Gasteiger charge is -2.11. The minimum absolute atomic E-state index is 0.0252. The Morgan fingerprint density at radius 2 is 2.03 bits per heavy atom. The molecule has 0 bridgehead atoms. The number of aromatic nitrogens is 2. The van der Waals surface area contributed by atoms with E-state index in [-0.39, 0.29) is 33.7 Å². The lowest BCUT2D eigenvalue weighted by Crippen LogP contribution is -2.27. The van der Waals surface area contributed by atoms with Gasteiger partial charge in [-0.3, -0.25) is 18.9 Å². The molecule has 1 amide bonds. The summed E-state index contributed by atoms with van der Waals surface area (Å²) in [7, 11) is 0. The molecule has 0 radical (unpaired) electrons. The van der Waals surface area contributed by atoms with Gasteiger partial charge < -0.3 is 4.74 Å². The van der Waals surface area contributed by atoms with E-state index in [2.05, 4.69) is 4.98 Å². The molecule has 1 aliphatic heterocycles. The molecular weight excluding hydrogens is 465 g/mol. The highest BCUT2D eigenvalue weighted by Gasteiger charge is 2.31. The quantitative estimate of drug-likeness (QED) is 0.388. The fourth-order valence-corrected chi connectivity index (χ4v) is 4.66. The van der Waals surface area contributed by atoms with Gasteiger partial charge in [0.15, 0.2) is 0 Å². The van der Waals surface area contributed by atoms with Gasteiger partial charge in [-0.25, -0.2) is 0 Å². The summed E-state index contributed by atoms with van der Waals surface area (Å²) in [5.74, 6) is 0.0433. The van der Waals surface area contributed by atoms with E-state index < -0.39 is 0 Å². The average molecular weight is 478 g/mol. The number of ether oxygens (including phenoxy) is 1. The number of rotatable bonds is 4. The maximum Gasteiger partial charge on any atom is 0.269 e. The highest BCUT2D eigenvalue weighted by Crippen LogP contribution is 2.35. The van der Waals surface area contributed by atoms with Crippen LogP contribution >= 0.6 is 47.2 Å². The molecule has 3 aromatic rings. The predicted molar refractivity (Wildman–Crippen MR) is 124 cm³/mol. The maximum absolute atomic E-state index is 13.2. The Morgan fingerprint density at radius 1 is 1.23 bits per heavy atom. The average Bonchev–Trinajstić information content (AvgIpc) is 2.99. The summed E-state index contributed by atoms with van der Waals surface area (Å²) >= 11 is 18.6. The predicted octanol–water partition coefficient (Wildman–Crippen LogP) is 5.01. The number of fused-ring (bicyclic) bond motifs is 1. The van der Waals surface area contributed by atoms with E-state index in [1.165, 1.54) is 21.4 Å². The first-order chi connectivity index (χ1) is 14.4. The zero-order valence-corrected chi connectivity index (χ0v) is 18.6. The zero-order valence-electron chi connectivity index (χ0n) is 15.5. The number of nitrogens with zero attached hydrogens (tertiary/aromatic N) is 3. The SMILES string of the molecule is CCN1C(=O)/C(=C\c2c(Oc3ccc(Cl)cc3Cl)nc3ccccn3c2=O)SC1=S. The van der Waals surface area contributed by atoms with E-state index in [0.717, 1.165) is 11.8 Å². The molecule has 2 aromatic heterocycles. The van der Waals surface area contributed by atoms with Gasteiger partial charge in [-0.1, -0.05) is 53.2 Å². The highest BCUT2D eigenvalue weighted by atomic mass is 35.5. The first kappa shape index (κ1) is 20.9. The van der Waals surface area contributed by atoms with Gasteiger partial charge >= 0.3 is 0 Å². The van der Waals surface area contributed by atoms with Crippen LogP contribution in [0, 0.1) is 0 Å². The number of thioether (sulfide) groups is 1. The molecule has 30 heavy (non-hydrogen) atoms. The summed E-state index contributed by atoms with van der Waals surface area (Å²) in [5.41, 5.74) is 0.115. The van der Waals surface area contributed by atoms with Gasteiger partial charge in [0.1, 0.15) is 21.3 Å². The maximum atomic E-state index is 13.2. The molecule has 0 aliphatic carbocycles. The summed E-state index contributed by atoms with van der Waals surface area (Å²) in [6, 6.07) is 9.87. The van der Waals surface area contributed by atoms with Crippen molar-refractivity contribution < 1.29 is 9.53 Å². The fraction of sp³-hybridized carbons (Fsp3) is 0.100. The Balaban J connectivity index is 1.89. The minimum atomic E-state index is -0.387. The molecule has 10 heteroatoms. The van der Waals surface area contributed by atoms with E-state index in [1.807, 2.05) is 6.92 Å². The molecule has 4 rings (SSSR count). The van der Waals surface area contributed by atoms with Crippen LogP contribution in [0.1, 0.15) is 12.5 Å². The number of carbonyl (C=O) groups is 1. The fourth-order valence-electron chi connectivity index (χ4n) is 2.85. The minimum Gasteiger partial charge on any atom is -0.437 e. The molecule has 1 aromatic carbocycles. The zero-order chi connectivity index (χ0) is 21.4. The summed E-state index contributed by atoms with van der Waals surface area (Å²) in [4.78, 5) is 32.1. The second-order valence-electron chi connectivity index (χ2n) is 6.17. The number of pyridine rings is 1. The molecule has 1 aliphatic rings. The summed E-state index contributed by atoms with van der Waals surface area (Å²) in [6.07, 6.45) is 3.06. The third kappa shape index (κ3) is 3.83. The van der Waals surface area contributed by atoms with E-state index >= 15 is 0 Å². The second kappa shape index (κ2) is 8.39. The molecule has 152 valence electrons. The van der Waals surface area contributed by atoms with Crippen molar-refractivity contribution in [2.45, 2.75) is 6.92 Å². The van der Waals surface area contributed by atoms with Crippen LogP contribution in [0.4, 0.5) is 0 Å². The highest BCUT2D eigenvalue weighted by molar-refractivity contribution is 8.26. The van der Waals surface area contributed by atoms with E-state index in [1.54, 1.807) is 36.5 Å². The topological polar surface area (TPSA) is 63.9 Å². The Hall–Kier alpha value is -2.39. The first-order valence-electron chi connectivity index (χ1n) is 8.78. The van der Waals surface area contributed by atoms with Gasteiger partial charge in [0.05, 0.1) is 9.93 Å². The van der Waals surface area contributed by atoms with Crippen molar-refractivity contribution in [2.75, 3.05) is 6.54 Å². The number of hydrogen-bond donors (Lipinski definition) is 0. The van der Waals surface area contributed by atoms with Crippen LogP contribution in [0.5, 0.6) is 11.6 Å². The van der Waals surface area contributed by atoms with Gasteiger partial charge in [0, 0.05) is 17.8 Å². The Morgan fingerprint density at radius 3 is 2.73 bits per heavy atom. The van der Waals surface area contributed by atoms with Crippen molar-refractivity contribution in [1.82, 2.24) is 14.3 Å². The smallest absolute Gasteiger partial charge is 0.269 e. The van der Waals surface area contributed by atoms with Crippen LogP contribution in [-0.4, -0.2) is 31.1 Å². The van der Waals surface area contributed by atoms with Crippen molar-refractivity contribution in [3.05, 3.63) is 73.5 Å². The lowest BCUT2D eigenvalue weighted by molar-refractivity contribution is -0.121. The molecule has 1 saturated heterocycles. The van der Waals surface area contributed by atoms with Crippen LogP contribution in [-0.2, 0) is 4.79 Å². The monoisotopic (exact) mass is 477 g/mol. The van der Waals surface area contributed by atoms with Crippen LogP contribution < -0.4 is 10.3 Å². The van der Waals surface area contributed by atoms with Gasteiger partial charge in [0.2, 0.25) is 5.88 Å². The number of benzene rings is 1. The first-order valence-corrected chi connectivity index (χ1v) is 10.8. The van der Waals surface area contributed by atoms with Crippen LogP contribution in [0.15, 0.2) is 52.3 Å². The third-order valence-corrected chi connectivity index (χ3v) is 6.21. The molecule has 0 unspecified atom stereocenters. The van der Waals surface area contributed by atoms with Crippen molar-refractivity contribution in [3.63, 3.8) is 0 Å². The molecule has 0 N–H and O–H groups in total. The normalized spacial score (nSPS) is 15.4. The van der Waals surface area contributed by atoms with Gasteiger partial charge in [-0.15, -0.1) is 0 Å². The van der Waals surface area contributed by atoms with Crippen molar-refractivity contribution in [3.8, 4) is 11.6 Å². The second-order valence-corrected chi connectivity index (χ2v) is 8.69. The molecule has 0 saturated carbocycles. The number of thiocarbonyl (C=S) groups is 1. The number of amides is 1. The molecule has 0 atom stereocenters. The van der Waals surface area contributed by atoms with Gasteiger partial charge in [-0.2, -0.15) is 4.98 Å². The largest absolute Gasteiger partial charge is 0.437 e. The Kier molecular flexibility index (Phi) is 5.84. The number of halogens is 2. The van der Waals surface area contributed by atoms with E-state index in [4.69, 9.17) is 40.2 Å². The molecule has 6 nitrogen and oxygen atoms in total. The summed E-state index contributed by atoms with van der Waals surface area (Å²) in [6.45, 7) is 2.28. The Bertz CT molecular complexity index is 1290. The van der Waals surface area contributed by atoms with E-state index in [0.29, 0.717) is 26.4 Å². The summed E-state index contributed by atoms with van der Waals surface area (Å²) < 4.78 is 7.70. The number of likely N-dealkylation sites (N-methyl/N-ethyl adjacent to an activating group) is 1. The number of carbonyl (C=O) groups excluding carboxylic acids is 1. The van der Waals surface area contributed by atoms with Crippen LogP contribution in [0.25, 0.3) is 11.7 Å². The van der Waals surface area contributed by atoms with Gasteiger partial charge in [-0.05, 0) is 43.3 Å². The van der Waals surface area contributed by atoms with Crippen molar-refractivity contribution >= 4 is 69.1 Å². The summed E-state index contributed by atoms with van der Waals surface area (Å²) in [5, 5.41) is 0.711. The van der Waals surface area contributed by atoms with E-state index in [9.17, 15) is 9.59 Å². The molecule has 0 spiro atoms. The van der Waals surface area contributed by atoms with Gasteiger partial charge in [0.25, 0.3) is 11.5 Å². The number of hydrogen-bond acceptors (Lipinski definition) is 6. The Labute approximate surface area is 191 Å². The lowest BCUT2D eigenvalue weighted by atomic mass is 10.2. The van der Waals surface area contributed by atoms with Crippen LogP contribution in [0.2, 0.25) is 10.0 Å². The van der Waals surface area contributed by atoms with Crippen molar-refractivity contribution in [2.24, 2.45) is 0 Å². The van der Waals surface area contributed by atoms with Crippen molar-refractivity contribution in [1.29, 1.82) is 0 Å². The molecular formula is C20H13Cl2N3O3S2. The van der Waals surface area contributed by atoms with Crippen LogP contribution in [0.3, 0.4) is 0 Å². The molecule has 3 heterocycles. The third-order valence-electron chi connectivity index (χ3n) is 4.30. The standard InChI is InChI=1S/C20H13Cl2N3O3S2/c1-2-24-19(27)15(30-20(24)29)10-12-17(28-14-7-6-11(21)9-13(14)22)23-16-5-3-4-8-25(16)18(12)26/h3-10H,2H2,1H3/b15-10+. The molecule has 1 fully saturated rings.